The molecule has 3 unspecified atom stereocenters. The normalized spacial score (nSPS) is 25.1. The lowest BCUT2D eigenvalue weighted by molar-refractivity contribution is -0.159. The molecule has 1 aliphatic heterocycles. The molecule has 3 atom stereocenters. The van der Waals surface area contributed by atoms with Crippen LogP contribution >= 0.6 is 0 Å². The molecule has 0 aliphatic carbocycles. The van der Waals surface area contributed by atoms with Crippen LogP contribution in [0.5, 0.6) is 0 Å². The van der Waals surface area contributed by atoms with Gasteiger partial charge >= 0.3 is 11.9 Å². The zero-order valence-electron chi connectivity index (χ0n) is 12.0. The number of piperidine rings is 1. The average Bonchev–Trinajstić information content (AvgIpc) is 2.34. The first-order valence-electron chi connectivity index (χ1n) is 6.55. The number of hydrogen-bond acceptors (Lipinski definition) is 4. The van der Waals surface area contributed by atoms with Crippen LogP contribution in [0, 0.1) is 17.3 Å². The minimum atomic E-state index is -1.20. The van der Waals surface area contributed by atoms with E-state index in [0.29, 0.717) is 0 Å². The van der Waals surface area contributed by atoms with Gasteiger partial charge in [0.25, 0.3) is 0 Å². The van der Waals surface area contributed by atoms with Crippen LogP contribution in [0.15, 0.2) is 0 Å². The zero-order valence-corrected chi connectivity index (χ0v) is 12.0. The van der Waals surface area contributed by atoms with Crippen LogP contribution in [0.3, 0.4) is 0 Å². The molecule has 1 saturated heterocycles. The summed E-state index contributed by atoms with van der Waals surface area (Å²) in [7, 11) is 0. The SMILES string of the molecule is CC(C)(C)C(N)C(=O)N1CCC(C(=O)O)C(C(=O)O)C1. The van der Waals surface area contributed by atoms with E-state index in [-0.39, 0.29) is 25.4 Å². The Balaban J connectivity index is 2.84. The molecule has 1 aliphatic rings. The van der Waals surface area contributed by atoms with Crippen molar-refractivity contribution in [2.24, 2.45) is 23.0 Å². The van der Waals surface area contributed by atoms with Crippen molar-refractivity contribution in [2.45, 2.75) is 33.2 Å². The predicted molar refractivity (Wildman–Crippen MR) is 70.9 cm³/mol. The van der Waals surface area contributed by atoms with E-state index in [1.54, 1.807) is 0 Å². The lowest BCUT2D eigenvalue weighted by Crippen LogP contribution is -2.55. The third-order valence-corrected chi connectivity index (χ3v) is 3.76. The van der Waals surface area contributed by atoms with Gasteiger partial charge in [-0.1, -0.05) is 20.8 Å². The van der Waals surface area contributed by atoms with Gasteiger partial charge in [-0.2, -0.15) is 0 Å². The molecule has 0 radical (unpaired) electrons. The van der Waals surface area contributed by atoms with Gasteiger partial charge in [0.05, 0.1) is 17.9 Å². The Bertz CT molecular complexity index is 415. The number of nitrogens with zero attached hydrogens (tertiary/aromatic N) is 1. The highest BCUT2D eigenvalue weighted by atomic mass is 16.4. The number of carboxylic acid groups (broad SMARTS) is 2. The monoisotopic (exact) mass is 286 g/mol. The summed E-state index contributed by atoms with van der Waals surface area (Å²) in [5, 5.41) is 18.2. The van der Waals surface area contributed by atoms with Gasteiger partial charge in [-0.15, -0.1) is 0 Å². The van der Waals surface area contributed by atoms with Crippen molar-refractivity contribution in [3.05, 3.63) is 0 Å². The number of amides is 1. The number of carbonyl (C=O) groups is 3. The molecule has 0 bridgehead atoms. The van der Waals surface area contributed by atoms with Gasteiger partial charge < -0.3 is 20.8 Å². The zero-order chi connectivity index (χ0) is 15.7. The highest BCUT2D eigenvalue weighted by molar-refractivity contribution is 5.85. The lowest BCUT2D eigenvalue weighted by Gasteiger charge is -2.38. The number of aliphatic carboxylic acids is 2. The first-order valence-corrected chi connectivity index (χ1v) is 6.55. The summed E-state index contributed by atoms with van der Waals surface area (Å²) in [6.07, 6.45) is 0.134. The lowest BCUT2D eigenvalue weighted by atomic mass is 9.83. The Morgan fingerprint density at radius 1 is 1.15 bits per heavy atom. The molecule has 1 rings (SSSR count). The van der Waals surface area contributed by atoms with Crippen LogP contribution in [0.2, 0.25) is 0 Å². The van der Waals surface area contributed by atoms with Crippen LogP contribution in [0.1, 0.15) is 27.2 Å². The number of likely N-dealkylation sites (tertiary alicyclic amines) is 1. The molecule has 1 fully saturated rings. The summed E-state index contributed by atoms with van der Waals surface area (Å²) >= 11 is 0. The second-order valence-corrected chi connectivity index (χ2v) is 6.31. The van der Waals surface area contributed by atoms with Crippen molar-refractivity contribution in [1.82, 2.24) is 4.90 Å². The van der Waals surface area contributed by atoms with E-state index in [1.807, 2.05) is 20.8 Å². The van der Waals surface area contributed by atoms with Crippen molar-refractivity contribution >= 4 is 17.8 Å². The van der Waals surface area contributed by atoms with Gasteiger partial charge in [0.2, 0.25) is 5.91 Å². The first-order chi connectivity index (χ1) is 9.05. The Morgan fingerprint density at radius 3 is 2.05 bits per heavy atom. The van der Waals surface area contributed by atoms with E-state index in [0.717, 1.165) is 0 Å². The van der Waals surface area contributed by atoms with Crippen LogP contribution in [-0.2, 0) is 14.4 Å². The van der Waals surface area contributed by atoms with Gasteiger partial charge in [-0.3, -0.25) is 14.4 Å². The fraction of sp³-hybridized carbons (Fsp3) is 0.769. The molecule has 1 amide bonds. The highest BCUT2D eigenvalue weighted by Crippen LogP contribution is 2.27. The number of rotatable bonds is 3. The van der Waals surface area contributed by atoms with E-state index >= 15 is 0 Å². The minimum absolute atomic E-state index is 0.102. The molecule has 7 nitrogen and oxygen atoms in total. The quantitative estimate of drug-likeness (QED) is 0.671. The summed E-state index contributed by atoms with van der Waals surface area (Å²) in [5.74, 6) is -4.70. The molecule has 0 aromatic carbocycles. The van der Waals surface area contributed by atoms with Gasteiger partial charge in [0.15, 0.2) is 0 Å². The molecular formula is C13H22N2O5. The van der Waals surface area contributed by atoms with E-state index in [4.69, 9.17) is 15.9 Å². The molecule has 20 heavy (non-hydrogen) atoms. The molecule has 1 heterocycles. The molecule has 0 spiro atoms. The maximum atomic E-state index is 12.2. The fourth-order valence-corrected chi connectivity index (χ4v) is 2.27. The van der Waals surface area contributed by atoms with Gasteiger partial charge in [0.1, 0.15) is 0 Å². The van der Waals surface area contributed by atoms with E-state index in [1.165, 1.54) is 4.90 Å². The molecule has 114 valence electrons. The van der Waals surface area contributed by atoms with E-state index in [2.05, 4.69) is 0 Å². The summed E-state index contributed by atoms with van der Waals surface area (Å²) in [5.41, 5.74) is 5.46. The van der Waals surface area contributed by atoms with Crippen LogP contribution in [0.25, 0.3) is 0 Å². The van der Waals surface area contributed by atoms with Gasteiger partial charge in [-0.25, -0.2) is 0 Å². The topological polar surface area (TPSA) is 121 Å². The predicted octanol–water partition coefficient (Wildman–Crippen LogP) is -0.00630. The van der Waals surface area contributed by atoms with Crippen molar-refractivity contribution in [1.29, 1.82) is 0 Å². The molecule has 0 saturated carbocycles. The van der Waals surface area contributed by atoms with Crippen LogP contribution in [-0.4, -0.2) is 52.1 Å². The average molecular weight is 286 g/mol. The third-order valence-electron chi connectivity index (χ3n) is 3.76. The number of carbonyl (C=O) groups excluding carboxylic acids is 1. The van der Waals surface area contributed by atoms with Crippen molar-refractivity contribution in [2.75, 3.05) is 13.1 Å². The molecule has 4 N–H and O–H groups in total. The summed E-state index contributed by atoms with van der Waals surface area (Å²) in [6, 6.07) is -0.738. The summed E-state index contributed by atoms with van der Waals surface area (Å²) in [6.45, 7) is 5.61. The summed E-state index contributed by atoms with van der Waals surface area (Å²) in [4.78, 5) is 35.8. The van der Waals surface area contributed by atoms with Crippen LogP contribution < -0.4 is 5.73 Å². The van der Waals surface area contributed by atoms with Gasteiger partial charge in [0, 0.05) is 13.1 Å². The number of hydrogen-bond donors (Lipinski definition) is 3. The third kappa shape index (κ3) is 3.47. The van der Waals surface area contributed by atoms with E-state index < -0.39 is 35.2 Å². The fourth-order valence-electron chi connectivity index (χ4n) is 2.27. The van der Waals surface area contributed by atoms with Crippen molar-refractivity contribution < 1.29 is 24.6 Å². The molecular weight excluding hydrogens is 264 g/mol. The Kier molecular flexibility index (Phi) is 4.75. The molecule has 0 aromatic heterocycles. The van der Waals surface area contributed by atoms with Crippen molar-refractivity contribution in [3.8, 4) is 0 Å². The standard InChI is InChI=1S/C13H22N2O5/c1-13(2,3)9(14)10(16)15-5-4-7(11(17)18)8(6-15)12(19)20/h7-9H,4-6,14H2,1-3H3,(H,17,18)(H,19,20). The van der Waals surface area contributed by atoms with Gasteiger partial charge in [-0.05, 0) is 11.8 Å². The highest BCUT2D eigenvalue weighted by Gasteiger charge is 2.42. The molecule has 7 heteroatoms. The first kappa shape index (κ1) is 16.4. The second kappa shape index (κ2) is 5.78. The number of nitrogens with two attached hydrogens (primary N) is 1. The number of carboxylic acids is 2. The summed E-state index contributed by atoms with van der Waals surface area (Å²) < 4.78 is 0. The van der Waals surface area contributed by atoms with Crippen molar-refractivity contribution in [3.63, 3.8) is 0 Å². The maximum absolute atomic E-state index is 12.2. The minimum Gasteiger partial charge on any atom is -0.481 e. The Labute approximate surface area is 117 Å². The Morgan fingerprint density at radius 2 is 1.65 bits per heavy atom. The Hall–Kier alpha value is -1.63. The van der Waals surface area contributed by atoms with Crippen LogP contribution in [0.4, 0.5) is 0 Å². The largest absolute Gasteiger partial charge is 0.481 e. The second-order valence-electron chi connectivity index (χ2n) is 6.31. The molecule has 0 aromatic rings. The maximum Gasteiger partial charge on any atom is 0.309 e. The van der Waals surface area contributed by atoms with E-state index in [9.17, 15) is 14.4 Å². The smallest absolute Gasteiger partial charge is 0.309 e.